The van der Waals surface area contributed by atoms with E-state index in [0.29, 0.717) is 10.0 Å². The van der Waals surface area contributed by atoms with Gasteiger partial charge < -0.3 is 5.73 Å². The number of alkyl halides is 3. The summed E-state index contributed by atoms with van der Waals surface area (Å²) in [6.45, 7) is 0. The Morgan fingerprint density at radius 3 is 2.24 bits per heavy atom. The van der Waals surface area contributed by atoms with Gasteiger partial charge >= 0.3 is 6.18 Å². The average Bonchev–Trinajstić information content (AvgIpc) is 2.40. The van der Waals surface area contributed by atoms with Gasteiger partial charge in [0.1, 0.15) is 5.82 Å². The lowest BCUT2D eigenvalue weighted by Gasteiger charge is -2.19. The number of benzene rings is 2. The van der Waals surface area contributed by atoms with Gasteiger partial charge in [0, 0.05) is 4.47 Å². The topological polar surface area (TPSA) is 26.0 Å². The van der Waals surface area contributed by atoms with Crippen molar-refractivity contribution in [2.45, 2.75) is 12.2 Å². The highest BCUT2D eigenvalue weighted by Gasteiger charge is 2.35. The van der Waals surface area contributed by atoms with Crippen molar-refractivity contribution in [3.63, 3.8) is 0 Å². The molecule has 1 atom stereocenters. The molecule has 0 aliphatic heterocycles. The third kappa shape index (κ3) is 3.64. The summed E-state index contributed by atoms with van der Waals surface area (Å²) in [6, 6.07) is 6.68. The number of hydrogen-bond donors (Lipinski definition) is 1. The van der Waals surface area contributed by atoms with Crippen molar-refractivity contribution in [2.24, 2.45) is 5.73 Å². The van der Waals surface area contributed by atoms with Crippen LogP contribution in [0, 0.1) is 5.82 Å². The highest BCUT2D eigenvalue weighted by atomic mass is 79.9. The summed E-state index contributed by atoms with van der Waals surface area (Å²) in [6.07, 6.45) is -4.52. The predicted octanol–water partition coefficient (Wildman–Crippen LogP) is 5.42. The van der Waals surface area contributed by atoms with Crippen LogP contribution in [0.15, 0.2) is 45.3 Å². The molecule has 0 fully saturated rings. The molecule has 0 saturated carbocycles. The quantitative estimate of drug-likeness (QED) is 0.637. The van der Waals surface area contributed by atoms with Crippen LogP contribution in [0.5, 0.6) is 0 Å². The summed E-state index contributed by atoms with van der Waals surface area (Å²) < 4.78 is 53.0. The summed E-state index contributed by atoms with van der Waals surface area (Å²) in [5, 5.41) is 0. The van der Waals surface area contributed by atoms with Crippen LogP contribution in [0.3, 0.4) is 0 Å². The van der Waals surface area contributed by atoms with Crippen LogP contribution in [0.2, 0.25) is 0 Å². The maximum atomic E-state index is 13.2. The Balaban J connectivity index is 2.52. The summed E-state index contributed by atoms with van der Waals surface area (Å²) in [5.74, 6) is -0.502. The van der Waals surface area contributed by atoms with Crippen LogP contribution in [-0.4, -0.2) is 0 Å². The van der Waals surface area contributed by atoms with Crippen molar-refractivity contribution in [3.8, 4) is 0 Å². The average molecular weight is 427 g/mol. The molecule has 0 spiro atoms. The largest absolute Gasteiger partial charge is 0.416 e. The molecule has 0 aliphatic rings. The van der Waals surface area contributed by atoms with Crippen LogP contribution < -0.4 is 5.73 Å². The van der Waals surface area contributed by atoms with Crippen molar-refractivity contribution in [1.82, 2.24) is 0 Å². The van der Waals surface area contributed by atoms with Crippen molar-refractivity contribution >= 4 is 31.9 Å². The third-order valence-corrected chi connectivity index (χ3v) is 4.06. The smallest absolute Gasteiger partial charge is 0.320 e. The SMILES string of the molecule is NC(c1ccc(F)c(Br)c1)c1ccc(Br)cc1C(F)(F)F. The van der Waals surface area contributed by atoms with E-state index in [4.69, 9.17) is 5.73 Å². The van der Waals surface area contributed by atoms with E-state index in [1.165, 1.54) is 24.3 Å². The van der Waals surface area contributed by atoms with Crippen molar-refractivity contribution in [2.75, 3.05) is 0 Å². The van der Waals surface area contributed by atoms with Crippen molar-refractivity contribution < 1.29 is 17.6 Å². The fourth-order valence-electron chi connectivity index (χ4n) is 1.93. The molecule has 2 aromatic rings. The Hall–Kier alpha value is -0.920. The maximum absolute atomic E-state index is 13.2. The Morgan fingerprint density at radius 1 is 1.00 bits per heavy atom. The van der Waals surface area contributed by atoms with Gasteiger partial charge in [-0.1, -0.05) is 28.1 Å². The van der Waals surface area contributed by atoms with Crippen LogP contribution in [0.1, 0.15) is 22.7 Å². The predicted molar refractivity (Wildman–Crippen MR) is 79.3 cm³/mol. The van der Waals surface area contributed by atoms with E-state index >= 15 is 0 Å². The van der Waals surface area contributed by atoms with Gasteiger partial charge in [-0.25, -0.2) is 4.39 Å². The van der Waals surface area contributed by atoms with Gasteiger partial charge in [-0.2, -0.15) is 13.2 Å². The van der Waals surface area contributed by atoms with E-state index in [0.717, 1.165) is 12.1 Å². The molecule has 0 amide bonds. The Bertz CT molecular complexity index is 671. The van der Waals surface area contributed by atoms with Crippen molar-refractivity contribution in [1.29, 1.82) is 0 Å². The van der Waals surface area contributed by atoms with E-state index in [1.807, 2.05) is 0 Å². The number of halogens is 6. The van der Waals surface area contributed by atoms with Crippen molar-refractivity contribution in [3.05, 3.63) is 67.9 Å². The fourth-order valence-corrected chi connectivity index (χ4v) is 2.69. The third-order valence-electron chi connectivity index (χ3n) is 2.96. The Kier molecular flexibility index (Phi) is 4.75. The molecule has 0 aromatic heterocycles. The Morgan fingerprint density at radius 2 is 1.67 bits per heavy atom. The van der Waals surface area contributed by atoms with Gasteiger partial charge in [0.25, 0.3) is 0 Å². The monoisotopic (exact) mass is 425 g/mol. The highest BCUT2D eigenvalue weighted by molar-refractivity contribution is 9.10. The first-order chi connectivity index (χ1) is 9.70. The molecule has 7 heteroatoms. The lowest BCUT2D eigenvalue weighted by atomic mass is 9.95. The van der Waals surface area contributed by atoms with Gasteiger partial charge in [-0.05, 0) is 51.3 Å². The van der Waals surface area contributed by atoms with E-state index < -0.39 is 23.6 Å². The molecule has 112 valence electrons. The highest BCUT2D eigenvalue weighted by Crippen LogP contribution is 2.37. The molecule has 1 nitrogen and oxygen atoms in total. The molecular formula is C14H9Br2F4N. The molecule has 0 bridgehead atoms. The second kappa shape index (κ2) is 6.06. The number of rotatable bonds is 2. The molecule has 2 N–H and O–H groups in total. The second-order valence-corrected chi connectivity index (χ2v) is 6.15. The minimum Gasteiger partial charge on any atom is -0.320 e. The van der Waals surface area contributed by atoms with Crippen LogP contribution >= 0.6 is 31.9 Å². The zero-order valence-corrected chi connectivity index (χ0v) is 13.6. The normalized spacial score (nSPS) is 13.3. The molecular weight excluding hydrogens is 418 g/mol. The molecule has 21 heavy (non-hydrogen) atoms. The minimum absolute atomic E-state index is 0.0655. The summed E-state index contributed by atoms with van der Waals surface area (Å²) >= 11 is 6.01. The summed E-state index contributed by atoms with van der Waals surface area (Å²) in [7, 11) is 0. The van der Waals surface area contributed by atoms with Gasteiger partial charge in [0.2, 0.25) is 0 Å². The zero-order chi connectivity index (χ0) is 15.8. The number of nitrogens with two attached hydrogens (primary N) is 1. The maximum Gasteiger partial charge on any atom is 0.416 e. The standard InChI is InChI=1S/C14H9Br2F4N/c15-8-2-3-9(10(6-8)14(18,19)20)13(21)7-1-4-12(17)11(16)5-7/h1-6,13H,21H2. The lowest BCUT2D eigenvalue weighted by molar-refractivity contribution is -0.138. The van der Waals surface area contributed by atoms with E-state index in [2.05, 4.69) is 31.9 Å². The van der Waals surface area contributed by atoms with E-state index in [-0.39, 0.29) is 10.0 Å². The lowest BCUT2D eigenvalue weighted by Crippen LogP contribution is -2.18. The van der Waals surface area contributed by atoms with Crippen LogP contribution in [-0.2, 0) is 6.18 Å². The van der Waals surface area contributed by atoms with Crippen LogP contribution in [0.25, 0.3) is 0 Å². The van der Waals surface area contributed by atoms with Gasteiger partial charge in [0.05, 0.1) is 16.1 Å². The van der Waals surface area contributed by atoms with Gasteiger partial charge in [-0.15, -0.1) is 0 Å². The summed E-state index contributed by atoms with van der Waals surface area (Å²) in [5.41, 5.74) is 5.43. The second-order valence-electron chi connectivity index (χ2n) is 4.38. The van der Waals surface area contributed by atoms with Gasteiger partial charge in [-0.3, -0.25) is 0 Å². The molecule has 0 heterocycles. The van der Waals surface area contributed by atoms with E-state index in [1.54, 1.807) is 0 Å². The first kappa shape index (κ1) is 16.5. The number of hydrogen-bond acceptors (Lipinski definition) is 1. The van der Waals surface area contributed by atoms with Crippen LogP contribution in [0.4, 0.5) is 17.6 Å². The molecule has 0 aliphatic carbocycles. The first-order valence-electron chi connectivity index (χ1n) is 5.77. The molecule has 0 radical (unpaired) electrons. The molecule has 2 rings (SSSR count). The fraction of sp³-hybridized carbons (Fsp3) is 0.143. The molecule has 0 saturated heterocycles. The van der Waals surface area contributed by atoms with E-state index in [9.17, 15) is 17.6 Å². The van der Waals surface area contributed by atoms with Gasteiger partial charge in [0.15, 0.2) is 0 Å². The first-order valence-corrected chi connectivity index (χ1v) is 7.36. The molecule has 2 aromatic carbocycles. The summed E-state index contributed by atoms with van der Waals surface area (Å²) in [4.78, 5) is 0. The zero-order valence-electron chi connectivity index (χ0n) is 10.4. The minimum atomic E-state index is -4.52. The molecule has 1 unspecified atom stereocenters. The Labute approximate surface area is 135 Å².